The van der Waals surface area contributed by atoms with E-state index in [9.17, 15) is 13.2 Å². The topological polar surface area (TPSA) is 52.6 Å². The first-order valence-corrected chi connectivity index (χ1v) is 10.3. The van der Waals surface area contributed by atoms with Crippen LogP contribution >= 0.6 is 24.0 Å². The predicted octanol–water partition coefficient (Wildman–Crippen LogP) is 4.62. The van der Waals surface area contributed by atoms with Crippen molar-refractivity contribution in [3.63, 3.8) is 0 Å². The van der Waals surface area contributed by atoms with Crippen molar-refractivity contribution in [3.05, 3.63) is 59.3 Å². The summed E-state index contributed by atoms with van der Waals surface area (Å²) in [4.78, 5) is 11.4. The summed E-state index contributed by atoms with van der Waals surface area (Å²) in [7, 11) is 0. The maximum atomic E-state index is 12.7. The normalized spacial score (nSPS) is 14.3. The summed E-state index contributed by atoms with van der Waals surface area (Å²) in [5.74, 6) is 1.68. The second-order valence-electron chi connectivity index (χ2n) is 7.28. The number of benzene rings is 1. The number of guanidine groups is 1. The van der Waals surface area contributed by atoms with Gasteiger partial charge in [0.25, 0.3) is 0 Å². The van der Waals surface area contributed by atoms with Crippen LogP contribution in [0.3, 0.4) is 0 Å². The molecule has 9 heteroatoms. The van der Waals surface area contributed by atoms with Crippen LogP contribution in [0.15, 0.2) is 47.6 Å². The number of aliphatic imine (C=N–C) groups is 1. The summed E-state index contributed by atoms with van der Waals surface area (Å²) in [5.41, 5.74) is 1.31. The molecule has 0 bridgehead atoms. The van der Waals surface area contributed by atoms with E-state index >= 15 is 0 Å². The Morgan fingerprint density at radius 3 is 2.42 bits per heavy atom. The highest BCUT2D eigenvalue weighted by Gasteiger charge is 2.29. The van der Waals surface area contributed by atoms with E-state index < -0.39 is 11.7 Å². The summed E-state index contributed by atoms with van der Waals surface area (Å²) in [5, 5.41) is 6.45. The lowest BCUT2D eigenvalue weighted by atomic mass is 10.1. The van der Waals surface area contributed by atoms with Gasteiger partial charge < -0.3 is 15.5 Å². The molecule has 0 aliphatic carbocycles. The number of nitrogens with zero attached hydrogens (tertiary/aromatic N) is 3. The Morgan fingerprint density at radius 2 is 1.77 bits per heavy atom. The van der Waals surface area contributed by atoms with Crippen LogP contribution in [0.5, 0.6) is 0 Å². The van der Waals surface area contributed by atoms with Gasteiger partial charge in [0.15, 0.2) is 5.96 Å². The number of pyridine rings is 1. The van der Waals surface area contributed by atoms with Gasteiger partial charge in [0.05, 0.1) is 12.1 Å². The van der Waals surface area contributed by atoms with Crippen molar-refractivity contribution in [1.29, 1.82) is 0 Å². The molecule has 1 aromatic heterocycles. The van der Waals surface area contributed by atoms with Crippen LogP contribution in [0, 0.1) is 0 Å². The van der Waals surface area contributed by atoms with Gasteiger partial charge in [-0.2, -0.15) is 13.2 Å². The quantitative estimate of drug-likeness (QED) is 0.302. The third kappa shape index (κ3) is 7.86. The van der Waals surface area contributed by atoms with Crippen LogP contribution < -0.4 is 15.5 Å². The molecule has 2 heterocycles. The molecule has 2 N–H and O–H groups in total. The van der Waals surface area contributed by atoms with Gasteiger partial charge in [0, 0.05) is 32.4 Å². The molecule has 0 radical (unpaired) electrons. The van der Waals surface area contributed by atoms with E-state index in [1.807, 2.05) is 19.2 Å². The fourth-order valence-corrected chi connectivity index (χ4v) is 3.38. The van der Waals surface area contributed by atoms with Crippen LogP contribution in [-0.4, -0.2) is 37.1 Å². The molecule has 0 saturated carbocycles. The Morgan fingerprint density at radius 1 is 1.06 bits per heavy atom. The number of hydrogen-bond acceptors (Lipinski definition) is 3. The first-order chi connectivity index (χ1) is 14.5. The summed E-state index contributed by atoms with van der Waals surface area (Å²) in [6.45, 7) is 5.92. The SMILES string of the molecule is CCNC(=NCc1ccnc(N2CCCC2)c1)NCCc1ccc(C(F)(F)F)cc1.I. The molecule has 0 atom stereocenters. The second-order valence-corrected chi connectivity index (χ2v) is 7.28. The number of hydrogen-bond donors (Lipinski definition) is 2. The number of rotatable bonds is 7. The van der Waals surface area contributed by atoms with Gasteiger partial charge >= 0.3 is 6.18 Å². The van der Waals surface area contributed by atoms with Gasteiger partial charge in [0.1, 0.15) is 5.82 Å². The van der Waals surface area contributed by atoms with E-state index in [2.05, 4.69) is 31.6 Å². The number of alkyl halides is 3. The minimum atomic E-state index is -4.30. The average Bonchev–Trinajstić information content (AvgIpc) is 3.27. The Balaban J connectivity index is 0.00000341. The number of anilines is 1. The van der Waals surface area contributed by atoms with Gasteiger partial charge in [-0.05, 0) is 61.6 Å². The molecule has 31 heavy (non-hydrogen) atoms. The summed E-state index contributed by atoms with van der Waals surface area (Å²) in [6, 6.07) is 9.33. The van der Waals surface area contributed by atoms with Crippen molar-refractivity contribution in [2.24, 2.45) is 4.99 Å². The second kappa shape index (κ2) is 12.1. The van der Waals surface area contributed by atoms with Gasteiger partial charge in [-0.15, -0.1) is 24.0 Å². The molecule has 1 saturated heterocycles. The fraction of sp³-hybridized carbons (Fsp3) is 0.455. The van der Waals surface area contributed by atoms with Crippen molar-refractivity contribution < 1.29 is 13.2 Å². The maximum absolute atomic E-state index is 12.7. The number of halogens is 4. The Labute approximate surface area is 198 Å². The van der Waals surface area contributed by atoms with Crippen molar-refractivity contribution in [3.8, 4) is 0 Å². The first kappa shape index (κ1) is 25.2. The Bertz CT molecular complexity index is 834. The standard InChI is InChI=1S/C22H28F3N5.HI/c1-2-26-21(28-12-9-17-5-7-19(8-6-17)22(23,24)25)29-16-18-10-11-27-20(15-18)30-13-3-4-14-30;/h5-8,10-11,15H,2-4,9,12-14,16H2,1H3,(H2,26,28,29);1H. The molecule has 0 unspecified atom stereocenters. The fourth-order valence-electron chi connectivity index (χ4n) is 3.38. The lowest BCUT2D eigenvalue weighted by Gasteiger charge is -2.16. The van der Waals surface area contributed by atoms with Crippen LogP contribution in [0.2, 0.25) is 0 Å². The predicted molar refractivity (Wildman–Crippen MR) is 129 cm³/mol. The van der Waals surface area contributed by atoms with Crippen LogP contribution in [0.25, 0.3) is 0 Å². The van der Waals surface area contributed by atoms with Crippen molar-refractivity contribution >= 4 is 35.8 Å². The molecular weight excluding hydrogens is 518 g/mol. The van der Waals surface area contributed by atoms with Crippen LogP contribution in [0.1, 0.15) is 36.5 Å². The molecule has 3 rings (SSSR count). The van der Waals surface area contributed by atoms with E-state index in [0.717, 1.165) is 48.7 Å². The average molecular weight is 547 g/mol. The van der Waals surface area contributed by atoms with Gasteiger partial charge in [0.2, 0.25) is 0 Å². The number of nitrogens with one attached hydrogen (secondary N) is 2. The van der Waals surface area contributed by atoms with Crippen LogP contribution in [0.4, 0.5) is 19.0 Å². The lowest BCUT2D eigenvalue weighted by Crippen LogP contribution is -2.38. The molecule has 1 aliphatic rings. The minimum absolute atomic E-state index is 0. The largest absolute Gasteiger partial charge is 0.416 e. The first-order valence-electron chi connectivity index (χ1n) is 10.3. The molecule has 0 amide bonds. The Hall–Kier alpha value is -2.04. The highest BCUT2D eigenvalue weighted by Crippen LogP contribution is 2.29. The van der Waals surface area contributed by atoms with E-state index in [0.29, 0.717) is 25.5 Å². The molecule has 5 nitrogen and oxygen atoms in total. The van der Waals surface area contributed by atoms with Crippen molar-refractivity contribution in [1.82, 2.24) is 15.6 Å². The van der Waals surface area contributed by atoms with Gasteiger partial charge in [-0.25, -0.2) is 9.98 Å². The Kier molecular flexibility index (Phi) is 9.86. The van der Waals surface area contributed by atoms with E-state index in [-0.39, 0.29) is 24.0 Å². The highest BCUT2D eigenvalue weighted by atomic mass is 127. The molecule has 170 valence electrons. The summed E-state index contributed by atoms with van der Waals surface area (Å²) in [6.07, 6.45) is 0.540. The van der Waals surface area contributed by atoms with Gasteiger partial charge in [-0.1, -0.05) is 12.1 Å². The monoisotopic (exact) mass is 547 g/mol. The highest BCUT2D eigenvalue weighted by molar-refractivity contribution is 14.0. The summed E-state index contributed by atoms with van der Waals surface area (Å²) < 4.78 is 38.0. The van der Waals surface area contributed by atoms with Crippen LogP contribution in [-0.2, 0) is 19.1 Å². The lowest BCUT2D eigenvalue weighted by molar-refractivity contribution is -0.137. The summed E-state index contributed by atoms with van der Waals surface area (Å²) >= 11 is 0. The molecular formula is C22H29F3IN5. The minimum Gasteiger partial charge on any atom is -0.357 e. The zero-order valence-electron chi connectivity index (χ0n) is 17.6. The van der Waals surface area contributed by atoms with E-state index in [4.69, 9.17) is 0 Å². The molecule has 1 aromatic carbocycles. The third-order valence-corrected chi connectivity index (χ3v) is 4.99. The van der Waals surface area contributed by atoms with Crippen molar-refractivity contribution in [2.75, 3.05) is 31.1 Å². The number of aromatic nitrogens is 1. The molecule has 1 aliphatic heterocycles. The van der Waals surface area contributed by atoms with Crippen molar-refractivity contribution in [2.45, 2.75) is 38.9 Å². The molecule has 2 aromatic rings. The van der Waals surface area contributed by atoms with Gasteiger partial charge in [-0.3, -0.25) is 0 Å². The van der Waals surface area contributed by atoms with E-state index in [1.54, 1.807) is 0 Å². The zero-order chi connectivity index (χ0) is 21.4. The zero-order valence-corrected chi connectivity index (χ0v) is 19.9. The molecule has 1 fully saturated rings. The van der Waals surface area contributed by atoms with E-state index in [1.165, 1.54) is 25.0 Å². The maximum Gasteiger partial charge on any atom is 0.416 e. The smallest absolute Gasteiger partial charge is 0.357 e. The molecule has 0 spiro atoms. The third-order valence-electron chi connectivity index (χ3n) is 4.99.